The monoisotopic (exact) mass is 602 g/mol. The zero-order valence-corrected chi connectivity index (χ0v) is 24.2. The largest absolute Gasteiger partial charge is 0.469 e. The van der Waals surface area contributed by atoms with Gasteiger partial charge in [-0.3, -0.25) is 9.59 Å². The van der Waals surface area contributed by atoms with E-state index in [0.29, 0.717) is 11.1 Å². The Kier molecular flexibility index (Phi) is 13.4. The molecule has 0 radical (unpaired) electrons. The zero-order chi connectivity index (χ0) is 31.8. The van der Waals surface area contributed by atoms with Crippen LogP contribution in [0.2, 0.25) is 0 Å². The Bertz CT molecular complexity index is 1160. The highest BCUT2D eigenvalue weighted by molar-refractivity contribution is 5.88. The lowest BCUT2D eigenvalue weighted by Crippen LogP contribution is -2.49. The first kappa shape index (κ1) is 34.1. The molecular formula is C29H34N2O12. The van der Waals surface area contributed by atoms with E-state index in [9.17, 15) is 28.8 Å². The number of rotatable bonds is 14. The molecule has 2 N–H and O–H groups in total. The molecule has 0 heterocycles. The summed E-state index contributed by atoms with van der Waals surface area (Å²) in [6, 6.07) is 14.3. The number of esters is 4. The van der Waals surface area contributed by atoms with Crippen LogP contribution in [0, 0.1) is 0 Å². The van der Waals surface area contributed by atoms with Gasteiger partial charge in [-0.15, -0.1) is 0 Å². The average Bonchev–Trinajstić information content (AvgIpc) is 2.98. The number of hydrogen-bond acceptors (Lipinski definition) is 12. The van der Waals surface area contributed by atoms with Crippen LogP contribution in [-0.2, 0) is 60.8 Å². The van der Waals surface area contributed by atoms with E-state index < -0.39 is 66.8 Å². The predicted octanol–water partition coefficient (Wildman–Crippen LogP) is 2.53. The van der Waals surface area contributed by atoms with Gasteiger partial charge in [0.25, 0.3) is 5.79 Å². The van der Waals surface area contributed by atoms with Crippen molar-refractivity contribution in [1.82, 2.24) is 10.6 Å². The maximum absolute atomic E-state index is 12.9. The van der Waals surface area contributed by atoms with Crippen molar-refractivity contribution in [3.63, 3.8) is 0 Å². The minimum Gasteiger partial charge on any atom is -0.469 e. The van der Waals surface area contributed by atoms with Crippen molar-refractivity contribution in [1.29, 1.82) is 0 Å². The van der Waals surface area contributed by atoms with Crippen molar-refractivity contribution in [2.45, 2.75) is 57.8 Å². The smallest absolute Gasteiger partial charge is 0.408 e. The van der Waals surface area contributed by atoms with E-state index in [1.807, 2.05) is 0 Å². The molecule has 0 aromatic heterocycles. The van der Waals surface area contributed by atoms with Crippen LogP contribution in [0.5, 0.6) is 0 Å². The lowest BCUT2D eigenvalue weighted by atomic mass is 10.2. The van der Waals surface area contributed by atoms with E-state index in [0.717, 1.165) is 14.2 Å². The molecule has 0 saturated carbocycles. The van der Waals surface area contributed by atoms with Crippen molar-refractivity contribution < 1.29 is 57.2 Å². The molecule has 2 atom stereocenters. The number of benzene rings is 2. The number of carbonyl (C=O) groups excluding carboxylic acids is 6. The molecule has 232 valence electrons. The fraction of sp³-hybridized carbons (Fsp3) is 0.379. The summed E-state index contributed by atoms with van der Waals surface area (Å²) < 4.78 is 29.8. The Hall–Kier alpha value is -5.14. The van der Waals surface area contributed by atoms with Gasteiger partial charge >= 0.3 is 36.1 Å². The third-order valence-electron chi connectivity index (χ3n) is 5.47. The van der Waals surface area contributed by atoms with E-state index >= 15 is 0 Å². The maximum Gasteiger partial charge on any atom is 0.408 e. The van der Waals surface area contributed by atoms with Gasteiger partial charge in [0.2, 0.25) is 0 Å². The molecule has 43 heavy (non-hydrogen) atoms. The van der Waals surface area contributed by atoms with Gasteiger partial charge in [0, 0.05) is 13.8 Å². The fourth-order valence-electron chi connectivity index (χ4n) is 3.35. The van der Waals surface area contributed by atoms with Crippen molar-refractivity contribution in [3.05, 3.63) is 71.8 Å². The van der Waals surface area contributed by atoms with Crippen LogP contribution in [0.25, 0.3) is 0 Å². The van der Waals surface area contributed by atoms with E-state index in [1.165, 1.54) is 13.8 Å². The molecular weight excluding hydrogens is 568 g/mol. The van der Waals surface area contributed by atoms with Crippen molar-refractivity contribution >= 4 is 36.1 Å². The maximum atomic E-state index is 12.9. The van der Waals surface area contributed by atoms with E-state index in [1.54, 1.807) is 60.7 Å². The van der Waals surface area contributed by atoms with Crippen LogP contribution < -0.4 is 10.6 Å². The minimum atomic E-state index is -2.00. The molecule has 2 amide bonds. The summed E-state index contributed by atoms with van der Waals surface area (Å²) in [5, 5.41) is 4.45. The zero-order valence-electron chi connectivity index (χ0n) is 24.2. The van der Waals surface area contributed by atoms with Gasteiger partial charge in [-0.05, 0) is 11.1 Å². The summed E-state index contributed by atoms with van der Waals surface area (Å²) in [5.74, 6) is -6.03. The van der Waals surface area contributed by atoms with Crippen LogP contribution in [0.1, 0.15) is 37.8 Å². The lowest BCUT2D eigenvalue weighted by molar-refractivity contribution is -0.219. The number of alkyl carbamates (subject to hydrolysis) is 2. The molecule has 0 bridgehead atoms. The quantitative estimate of drug-likeness (QED) is 0.183. The van der Waals surface area contributed by atoms with Crippen molar-refractivity contribution in [2.24, 2.45) is 0 Å². The molecule has 2 aromatic rings. The average molecular weight is 603 g/mol. The second kappa shape index (κ2) is 17.0. The molecule has 14 heteroatoms. The number of methoxy groups -OCH3 is 2. The Balaban J connectivity index is 2.03. The highest BCUT2D eigenvalue weighted by Crippen LogP contribution is 2.16. The number of amides is 2. The lowest BCUT2D eigenvalue weighted by Gasteiger charge is -2.29. The fourth-order valence-corrected chi connectivity index (χ4v) is 3.35. The number of carbonyl (C=O) groups is 6. The molecule has 0 unspecified atom stereocenters. The summed E-state index contributed by atoms with van der Waals surface area (Å²) in [6.45, 7) is 2.15. The Morgan fingerprint density at radius 3 is 1.30 bits per heavy atom. The summed E-state index contributed by atoms with van der Waals surface area (Å²) in [6.07, 6.45) is -3.30. The van der Waals surface area contributed by atoms with Crippen LogP contribution in [0.3, 0.4) is 0 Å². The highest BCUT2D eigenvalue weighted by Gasteiger charge is 2.37. The molecule has 0 aliphatic rings. The summed E-state index contributed by atoms with van der Waals surface area (Å²) in [7, 11) is 2.17. The molecule has 2 aromatic carbocycles. The van der Waals surface area contributed by atoms with Gasteiger partial charge in [-0.2, -0.15) is 0 Å². The van der Waals surface area contributed by atoms with E-state index in [-0.39, 0.29) is 13.2 Å². The SMILES string of the molecule is COC(=O)C[C@H](NC(=O)OCc1ccccc1)C(=O)OC(C)(C)OC(=O)[C@H](CC(=O)OC)NC(=O)OCc1ccccc1. The number of nitrogens with one attached hydrogen (secondary N) is 2. The molecule has 0 spiro atoms. The van der Waals surface area contributed by atoms with Crippen LogP contribution in [0.15, 0.2) is 60.7 Å². The van der Waals surface area contributed by atoms with Gasteiger partial charge in [-0.25, -0.2) is 19.2 Å². The molecule has 0 aliphatic heterocycles. The molecule has 0 saturated heterocycles. The van der Waals surface area contributed by atoms with Gasteiger partial charge in [0.15, 0.2) is 0 Å². The minimum absolute atomic E-state index is 0.113. The number of ether oxygens (including phenoxy) is 6. The standard InChI is InChI=1S/C29H34N2O12/c1-29(2,42-25(34)21(15-23(32)38-3)30-27(36)40-17-19-11-7-5-8-12-19)43-26(35)22(16-24(33)39-4)31-28(37)41-18-20-13-9-6-10-14-20/h5-14,21-22H,15-18H2,1-4H3,(H,30,36)(H,31,37)/t21-,22-/m0/s1. The van der Waals surface area contributed by atoms with Crippen molar-refractivity contribution in [3.8, 4) is 0 Å². The summed E-state index contributed by atoms with van der Waals surface area (Å²) in [4.78, 5) is 74.3. The Labute approximate surface area is 247 Å². The van der Waals surface area contributed by atoms with Gasteiger partial charge in [0.05, 0.1) is 27.1 Å². The van der Waals surface area contributed by atoms with Crippen LogP contribution in [-0.4, -0.2) is 68.2 Å². The van der Waals surface area contributed by atoms with Crippen LogP contribution >= 0.6 is 0 Å². The summed E-state index contributed by atoms with van der Waals surface area (Å²) >= 11 is 0. The molecule has 0 aliphatic carbocycles. The molecule has 0 fully saturated rings. The molecule has 2 rings (SSSR count). The van der Waals surface area contributed by atoms with Gasteiger partial charge in [-0.1, -0.05) is 60.7 Å². The van der Waals surface area contributed by atoms with Crippen molar-refractivity contribution in [2.75, 3.05) is 14.2 Å². The Morgan fingerprint density at radius 1 is 0.628 bits per heavy atom. The Morgan fingerprint density at radius 2 is 0.977 bits per heavy atom. The van der Waals surface area contributed by atoms with Gasteiger partial charge in [0.1, 0.15) is 25.3 Å². The number of hydrogen-bond donors (Lipinski definition) is 2. The third kappa shape index (κ3) is 12.9. The third-order valence-corrected chi connectivity index (χ3v) is 5.47. The van der Waals surface area contributed by atoms with Gasteiger partial charge < -0.3 is 39.1 Å². The van der Waals surface area contributed by atoms with Crippen LogP contribution in [0.4, 0.5) is 9.59 Å². The molecule has 14 nitrogen and oxygen atoms in total. The second-order valence-electron chi connectivity index (χ2n) is 9.32. The topological polar surface area (TPSA) is 182 Å². The first-order valence-electron chi connectivity index (χ1n) is 13.0. The van der Waals surface area contributed by atoms with E-state index in [4.69, 9.17) is 18.9 Å². The highest BCUT2D eigenvalue weighted by atomic mass is 16.7. The van der Waals surface area contributed by atoms with E-state index in [2.05, 4.69) is 20.1 Å². The normalized spacial score (nSPS) is 12.0. The first-order valence-corrected chi connectivity index (χ1v) is 13.0. The predicted molar refractivity (Wildman–Crippen MR) is 147 cm³/mol. The summed E-state index contributed by atoms with van der Waals surface area (Å²) in [5.41, 5.74) is 1.36. The first-order chi connectivity index (χ1) is 20.4. The second-order valence-corrected chi connectivity index (χ2v) is 9.32.